The zero-order valence-electron chi connectivity index (χ0n) is 13.7. The van der Waals surface area contributed by atoms with E-state index in [0.29, 0.717) is 5.57 Å². The summed E-state index contributed by atoms with van der Waals surface area (Å²) in [6.45, 7) is 4.85. The number of primary amides is 1. The van der Waals surface area contributed by atoms with Crippen LogP contribution >= 0.6 is 0 Å². The minimum absolute atomic E-state index is 0.398. The Balaban J connectivity index is -0.0000000871. The summed E-state index contributed by atoms with van der Waals surface area (Å²) in [5.74, 6) is -0.435. The Bertz CT molecular complexity index is 316. The molecular formula is C11H29N3O5S. The maximum Gasteiger partial charge on any atom is 0.397 e. The Labute approximate surface area is 123 Å². The first kappa shape index (κ1) is 27.4. The lowest BCUT2D eigenvalue weighted by Gasteiger charge is -1.90. The largest absolute Gasteiger partial charge is 0.397 e. The Morgan fingerprint density at radius 2 is 1.20 bits per heavy atom. The molecule has 124 valence electrons. The average Bonchev–Trinajstić information content (AvgIpc) is 2.15. The number of nitrogens with zero attached hydrogens (tertiary/aromatic N) is 2. The van der Waals surface area contributed by atoms with Gasteiger partial charge in [0.2, 0.25) is 5.91 Å². The van der Waals surface area contributed by atoms with Gasteiger partial charge < -0.3 is 15.5 Å². The topological polar surface area (TPSA) is 113 Å². The summed E-state index contributed by atoms with van der Waals surface area (Å²) < 4.78 is 29.7. The van der Waals surface area contributed by atoms with Gasteiger partial charge in [0.1, 0.15) is 0 Å². The van der Waals surface area contributed by atoms with Crippen molar-refractivity contribution in [3.8, 4) is 0 Å². The second kappa shape index (κ2) is 16.1. The van der Waals surface area contributed by atoms with Crippen LogP contribution in [0.15, 0.2) is 12.2 Å². The van der Waals surface area contributed by atoms with E-state index in [1.54, 1.807) is 6.92 Å². The molecule has 0 fully saturated rings. The van der Waals surface area contributed by atoms with Crippen LogP contribution in [-0.4, -0.2) is 78.1 Å². The van der Waals surface area contributed by atoms with Crippen LogP contribution in [0.25, 0.3) is 0 Å². The fourth-order valence-electron chi connectivity index (χ4n) is 0. The average molecular weight is 315 g/mol. The van der Waals surface area contributed by atoms with Crippen molar-refractivity contribution in [3.05, 3.63) is 12.2 Å². The van der Waals surface area contributed by atoms with Crippen molar-refractivity contribution in [2.45, 2.75) is 6.92 Å². The van der Waals surface area contributed by atoms with Crippen molar-refractivity contribution in [1.29, 1.82) is 0 Å². The number of carbonyl (C=O) groups is 1. The van der Waals surface area contributed by atoms with Crippen molar-refractivity contribution in [3.63, 3.8) is 0 Å². The van der Waals surface area contributed by atoms with E-state index in [2.05, 4.69) is 10.8 Å². The quantitative estimate of drug-likeness (QED) is 0.537. The van der Waals surface area contributed by atoms with Crippen LogP contribution in [0.5, 0.6) is 0 Å². The maximum absolute atomic E-state index is 9.82. The third-order valence-corrected chi connectivity index (χ3v) is 1.05. The predicted octanol–water partition coefficient (Wildman–Crippen LogP) is -0.161. The van der Waals surface area contributed by atoms with Gasteiger partial charge in [-0.05, 0) is 49.2 Å². The molecule has 0 rings (SSSR count). The number of amides is 1. The molecule has 0 aromatic rings. The lowest BCUT2D eigenvalue weighted by atomic mass is 10.3. The molecule has 1 amide bonds. The van der Waals surface area contributed by atoms with Crippen LogP contribution in [0.2, 0.25) is 0 Å². The summed E-state index contributed by atoms with van der Waals surface area (Å²) >= 11 is 0. The highest BCUT2D eigenvalue weighted by molar-refractivity contribution is 7.80. The van der Waals surface area contributed by atoms with Gasteiger partial charge in [0, 0.05) is 5.57 Å². The zero-order valence-corrected chi connectivity index (χ0v) is 14.5. The van der Waals surface area contributed by atoms with Gasteiger partial charge in [0.05, 0.1) is 7.11 Å². The molecule has 0 saturated carbocycles. The van der Waals surface area contributed by atoms with E-state index < -0.39 is 16.3 Å². The second-order valence-electron chi connectivity index (χ2n) is 4.42. The molecule has 0 aromatic carbocycles. The fraction of sp³-hybridized carbons (Fsp3) is 0.727. The highest BCUT2D eigenvalue weighted by Crippen LogP contribution is 1.78. The van der Waals surface area contributed by atoms with Crippen molar-refractivity contribution in [2.24, 2.45) is 5.73 Å². The van der Waals surface area contributed by atoms with Crippen LogP contribution < -0.4 is 5.73 Å². The Hall–Kier alpha value is -1.00. The second-order valence-corrected chi connectivity index (χ2v) is 5.61. The summed E-state index contributed by atoms with van der Waals surface area (Å²) in [7, 11) is 8.71. The van der Waals surface area contributed by atoms with Crippen LogP contribution in [-0.2, 0) is 19.4 Å². The molecule has 0 atom stereocenters. The molecule has 0 heterocycles. The molecule has 0 aromatic heterocycles. The van der Waals surface area contributed by atoms with E-state index in [1.165, 1.54) is 0 Å². The van der Waals surface area contributed by atoms with Gasteiger partial charge >= 0.3 is 10.4 Å². The highest BCUT2D eigenvalue weighted by atomic mass is 32.3. The predicted molar refractivity (Wildman–Crippen MR) is 81.8 cm³/mol. The Kier molecular flexibility index (Phi) is 22.0. The minimum Gasteiger partial charge on any atom is -0.366 e. The highest BCUT2D eigenvalue weighted by Gasteiger charge is 1.94. The maximum atomic E-state index is 9.82. The number of rotatable bonds is 2. The SMILES string of the molecule is C=C(C)C(N)=O.CN(C)C.CN(C)C.COS(=O)(=O)O. The standard InChI is InChI=1S/C4H7NO.2C3H9N.CH4O4S/c1-3(2)4(5)6;2*1-4(2)3;1-5-6(2,3)4/h1H2,2H3,(H2,5,6);2*1-3H3;1H3,(H,2,3,4). The van der Waals surface area contributed by atoms with Crippen molar-refractivity contribution < 1.29 is 21.9 Å². The number of nitrogens with two attached hydrogens (primary N) is 1. The summed E-state index contributed by atoms with van der Waals surface area (Å²) in [6, 6.07) is 0. The van der Waals surface area contributed by atoms with Gasteiger partial charge in [-0.3, -0.25) is 13.5 Å². The first-order valence-electron chi connectivity index (χ1n) is 5.37. The normalized spacial score (nSPS) is 9.35. The molecule has 0 radical (unpaired) electrons. The Morgan fingerprint density at radius 1 is 1.10 bits per heavy atom. The third kappa shape index (κ3) is 121. The summed E-state index contributed by atoms with van der Waals surface area (Å²) in [5, 5.41) is 0. The number of hydrogen-bond acceptors (Lipinski definition) is 6. The first-order chi connectivity index (χ1) is 8.67. The molecule has 9 heteroatoms. The van der Waals surface area contributed by atoms with Crippen LogP contribution in [0.4, 0.5) is 0 Å². The summed E-state index contributed by atoms with van der Waals surface area (Å²) in [4.78, 5) is 13.8. The van der Waals surface area contributed by atoms with E-state index in [-0.39, 0.29) is 0 Å². The van der Waals surface area contributed by atoms with Gasteiger partial charge in [-0.2, -0.15) is 8.42 Å². The summed E-state index contributed by atoms with van der Waals surface area (Å²) in [5.41, 5.74) is 5.09. The van der Waals surface area contributed by atoms with Crippen LogP contribution in [0.3, 0.4) is 0 Å². The molecule has 0 spiro atoms. The summed E-state index contributed by atoms with van der Waals surface area (Å²) in [6.07, 6.45) is 0. The number of hydrogen-bond donors (Lipinski definition) is 2. The van der Waals surface area contributed by atoms with Crippen LogP contribution in [0, 0.1) is 0 Å². The van der Waals surface area contributed by atoms with Crippen molar-refractivity contribution >= 4 is 16.3 Å². The van der Waals surface area contributed by atoms with E-state index in [9.17, 15) is 13.2 Å². The molecule has 3 N–H and O–H groups in total. The monoisotopic (exact) mass is 315 g/mol. The molecule has 8 nitrogen and oxygen atoms in total. The van der Waals surface area contributed by atoms with Gasteiger partial charge in [-0.15, -0.1) is 0 Å². The van der Waals surface area contributed by atoms with Gasteiger partial charge in [0.25, 0.3) is 0 Å². The molecule has 0 aliphatic rings. The zero-order chi connectivity index (χ0) is 17.5. The lowest BCUT2D eigenvalue weighted by Crippen LogP contribution is -2.10. The Morgan fingerprint density at radius 3 is 1.20 bits per heavy atom. The molecule has 0 bridgehead atoms. The molecule has 0 aliphatic heterocycles. The minimum atomic E-state index is -4.16. The molecular weight excluding hydrogens is 286 g/mol. The molecule has 0 unspecified atom stereocenters. The van der Waals surface area contributed by atoms with Crippen LogP contribution in [0.1, 0.15) is 6.92 Å². The van der Waals surface area contributed by atoms with Crippen molar-refractivity contribution in [2.75, 3.05) is 49.4 Å². The molecule has 20 heavy (non-hydrogen) atoms. The van der Waals surface area contributed by atoms with Gasteiger partial charge in [-0.1, -0.05) is 6.58 Å². The van der Waals surface area contributed by atoms with E-state index >= 15 is 0 Å². The smallest absolute Gasteiger partial charge is 0.366 e. The van der Waals surface area contributed by atoms with Crippen molar-refractivity contribution in [1.82, 2.24) is 9.80 Å². The number of carbonyl (C=O) groups excluding carboxylic acids is 1. The van der Waals surface area contributed by atoms with E-state index in [4.69, 9.17) is 10.3 Å². The lowest BCUT2D eigenvalue weighted by molar-refractivity contribution is -0.114. The molecule has 0 saturated heterocycles. The van der Waals surface area contributed by atoms with Gasteiger partial charge in [-0.25, -0.2) is 0 Å². The fourth-order valence-corrected chi connectivity index (χ4v) is 0. The van der Waals surface area contributed by atoms with E-state index in [0.717, 1.165) is 7.11 Å². The molecule has 0 aliphatic carbocycles. The first-order valence-corrected chi connectivity index (χ1v) is 6.74. The van der Waals surface area contributed by atoms with E-state index in [1.807, 2.05) is 52.1 Å². The third-order valence-electron chi connectivity index (χ3n) is 0.631. The van der Waals surface area contributed by atoms with Gasteiger partial charge in [0.15, 0.2) is 0 Å².